The maximum absolute atomic E-state index is 12.2. The lowest BCUT2D eigenvalue weighted by atomic mass is 10.0. The number of benzene rings is 2. The second kappa shape index (κ2) is 8.29. The fourth-order valence-electron chi connectivity index (χ4n) is 2.79. The van der Waals surface area contributed by atoms with Gasteiger partial charge < -0.3 is 24.2 Å². The van der Waals surface area contributed by atoms with Gasteiger partial charge in [-0.3, -0.25) is 0 Å². The zero-order valence-corrected chi connectivity index (χ0v) is 15.2. The second-order valence-corrected chi connectivity index (χ2v) is 6.31. The van der Waals surface area contributed by atoms with Gasteiger partial charge in [0.15, 0.2) is 11.5 Å². The molecule has 2 aromatic carbocycles. The molecule has 0 bridgehead atoms. The number of rotatable bonds is 4. The largest absolute Gasteiger partial charge is 0.504 e. The number of ether oxygens (including phenoxy) is 3. The van der Waals surface area contributed by atoms with Crippen LogP contribution in [0.4, 0.5) is 4.79 Å². The van der Waals surface area contributed by atoms with E-state index in [0.29, 0.717) is 29.5 Å². The van der Waals surface area contributed by atoms with E-state index in [1.165, 1.54) is 0 Å². The smallest absolute Gasteiger partial charge is 0.410 e. The molecule has 26 heavy (non-hydrogen) atoms. The second-order valence-electron chi connectivity index (χ2n) is 5.87. The van der Waals surface area contributed by atoms with Crippen molar-refractivity contribution in [2.24, 2.45) is 0 Å². The summed E-state index contributed by atoms with van der Waals surface area (Å²) < 4.78 is 15.7. The Labute approximate surface area is 156 Å². The molecule has 1 aliphatic heterocycles. The monoisotopic (exact) mass is 377 g/mol. The van der Waals surface area contributed by atoms with Crippen LogP contribution in [0, 0.1) is 0 Å². The Morgan fingerprint density at radius 1 is 1.27 bits per heavy atom. The van der Waals surface area contributed by atoms with E-state index in [0.717, 1.165) is 11.1 Å². The maximum atomic E-state index is 12.2. The van der Waals surface area contributed by atoms with Crippen molar-refractivity contribution in [2.45, 2.75) is 6.54 Å². The summed E-state index contributed by atoms with van der Waals surface area (Å²) in [5.41, 5.74) is 2.37. The van der Waals surface area contributed by atoms with Crippen molar-refractivity contribution in [1.29, 1.82) is 0 Å². The van der Waals surface area contributed by atoms with Gasteiger partial charge in [-0.15, -0.1) is 0 Å². The fourth-order valence-corrected chi connectivity index (χ4v) is 2.98. The van der Waals surface area contributed by atoms with E-state index < -0.39 is 6.09 Å². The summed E-state index contributed by atoms with van der Waals surface area (Å²) >= 11 is 6.06. The molecule has 1 N–H and O–H groups in total. The normalized spacial score (nSPS) is 13.5. The van der Waals surface area contributed by atoms with Gasteiger partial charge in [0.05, 0.1) is 19.7 Å². The molecule has 1 heterocycles. The van der Waals surface area contributed by atoms with Crippen LogP contribution >= 0.6 is 11.6 Å². The molecule has 0 spiro atoms. The number of aromatic hydroxyl groups is 1. The van der Waals surface area contributed by atoms with Gasteiger partial charge in [-0.25, -0.2) is 4.79 Å². The third-order valence-corrected chi connectivity index (χ3v) is 4.28. The summed E-state index contributed by atoms with van der Waals surface area (Å²) in [6.07, 6.45) is -0.439. The van der Waals surface area contributed by atoms with E-state index in [1.54, 1.807) is 24.1 Å². The minimum Gasteiger partial charge on any atom is -0.504 e. The van der Waals surface area contributed by atoms with E-state index in [9.17, 15) is 9.90 Å². The van der Waals surface area contributed by atoms with Crippen LogP contribution in [-0.4, -0.2) is 49.6 Å². The van der Waals surface area contributed by atoms with Crippen molar-refractivity contribution in [3.8, 4) is 22.6 Å². The van der Waals surface area contributed by atoms with Crippen molar-refractivity contribution in [3.05, 3.63) is 47.0 Å². The number of carbonyl (C=O) groups is 1. The minimum atomic E-state index is -0.439. The first-order valence-electron chi connectivity index (χ1n) is 8.23. The van der Waals surface area contributed by atoms with Crippen LogP contribution in [0.3, 0.4) is 0 Å². The number of methoxy groups -OCH3 is 1. The van der Waals surface area contributed by atoms with Gasteiger partial charge in [0.25, 0.3) is 0 Å². The van der Waals surface area contributed by atoms with Crippen LogP contribution in [0.15, 0.2) is 36.4 Å². The summed E-state index contributed by atoms with van der Waals surface area (Å²) in [5, 5.41) is 11.0. The Kier molecular flexibility index (Phi) is 5.85. The summed E-state index contributed by atoms with van der Waals surface area (Å²) in [5.74, 6) is 0.426. The molecule has 2 aromatic rings. The molecule has 0 radical (unpaired) electrons. The van der Waals surface area contributed by atoms with Gasteiger partial charge in [-0.05, 0) is 35.4 Å². The van der Waals surface area contributed by atoms with Gasteiger partial charge in [0.1, 0.15) is 13.2 Å². The van der Waals surface area contributed by atoms with E-state index >= 15 is 0 Å². The van der Waals surface area contributed by atoms with Gasteiger partial charge in [0, 0.05) is 17.7 Å². The Morgan fingerprint density at radius 3 is 2.88 bits per heavy atom. The topological polar surface area (TPSA) is 68.2 Å². The number of hydrogen-bond acceptors (Lipinski definition) is 5. The van der Waals surface area contributed by atoms with Crippen molar-refractivity contribution in [1.82, 2.24) is 4.90 Å². The Hall–Kier alpha value is -2.44. The van der Waals surface area contributed by atoms with E-state index in [2.05, 4.69) is 0 Å². The molecule has 0 aliphatic carbocycles. The summed E-state index contributed by atoms with van der Waals surface area (Å²) in [7, 11) is 1.55. The molecule has 6 nitrogen and oxygen atoms in total. The van der Waals surface area contributed by atoms with Crippen molar-refractivity contribution in [3.63, 3.8) is 0 Å². The van der Waals surface area contributed by atoms with Gasteiger partial charge >= 0.3 is 6.09 Å². The number of phenolic OH excluding ortho intramolecular Hbond substituents is 1. The number of halogens is 1. The highest BCUT2D eigenvalue weighted by molar-refractivity contribution is 6.30. The van der Waals surface area contributed by atoms with Crippen LogP contribution in [0.2, 0.25) is 5.02 Å². The standard InChI is InChI=1S/C19H20ClNO5/c1-24-7-8-26-19(23)21-5-6-25-18-15(12-21)9-14(11-17(18)22)13-3-2-4-16(20)10-13/h2-4,9-11,22H,5-8,12H2,1H3. The van der Waals surface area contributed by atoms with Crippen LogP contribution in [-0.2, 0) is 16.0 Å². The molecule has 1 amide bonds. The first kappa shape index (κ1) is 18.4. The number of fused-ring (bicyclic) bond motifs is 1. The number of nitrogens with zero attached hydrogens (tertiary/aromatic N) is 1. The van der Waals surface area contributed by atoms with Crippen LogP contribution in [0.25, 0.3) is 11.1 Å². The number of carbonyl (C=O) groups excluding carboxylic acids is 1. The Bertz CT molecular complexity index is 795. The van der Waals surface area contributed by atoms with E-state index in [-0.39, 0.29) is 25.5 Å². The van der Waals surface area contributed by atoms with Gasteiger partial charge in [-0.1, -0.05) is 23.7 Å². The van der Waals surface area contributed by atoms with Gasteiger partial charge in [0.2, 0.25) is 0 Å². The molecule has 0 aromatic heterocycles. The molecule has 0 saturated carbocycles. The zero-order valence-electron chi connectivity index (χ0n) is 14.4. The highest BCUT2D eigenvalue weighted by Crippen LogP contribution is 2.38. The first-order valence-corrected chi connectivity index (χ1v) is 8.61. The van der Waals surface area contributed by atoms with Gasteiger partial charge in [-0.2, -0.15) is 0 Å². The molecule has 0 unspecified atom stereocenters. The average Bonchev–Trinajstić information content (AvgIpc) is 2.85. The Morgan fingerprint density at radius 2 is 2.12 bits per heavy atom. The predicted molar refractivity (Wildman–Crippen MR) is 97.7 cm³/mol. The Balaban J connectivity index is 1.86. The van der Waals surface area contributed by atoms with Crippen LogP contribution < -0.4 is 4.74 Å². The molecular weight excluding hydrogens is 358 g/mol. The minimum absolute atomic E-state index is 0.0343. The summed E-state index contributed by atoms with van der Waals surface area (Å²) in [4.78, 5) is 13.8. The predicted octanol–water partition coefficient (Wildman–Crippen LogP) is 3.69. The molecule has 3 rings (SSSR count). The quantitative estimate of drug-likeness (QED) is 0.823. The van der Waals surface area contributed by atoms with Crippen molar-refractivity contribution < 1.29 is 24.1 Å². The molecule has 0 saturated heterocycles. The lowest BCUT2D eigenvalue weighted by Gasteiger charge is -2.19. The fraction of sp³-hybridized carbons (Fsp3) is 0.316. The molecular formula is C19H20ClNO5. The van der Waals surface area contributed by atoms with Crippen molar-refractivity contribution >= 4 is 17.7 Å². The zero-order chi connectivity index (χ0) is 18.5. The molecule has 1 aliphatic rings. The third kappa shape index (κ3) is 4.20. The van der Waals surface area contributed by atoms with Crippen molar-refractivity contribution in [2.75, 3.05) is 33.5 Å². The average molecular weight is 378 g/mol. The first-order chi connectivity index (χ1) is 12.6. The van der Waals surface area contributed by atoms with Crippen LogP contribution in [0.5, 0.6) is 11.5 Å². The van der Waals surface area contributed by atoms with Crippen LogP contribution in [0.1, 0.15) is 5.56 Å². The lowest BCUT2D eigenvalue weighted by Crippen LogP contribution is -2.33. The third-order valence-electron chi connectivity index (χ3n) is 4.04. The van der Waals surface area contributed by atoms with E-state index in [1.807, 2.05) is 24.3 Å². The lowest BCUT2D eigenvalue weighted by molar-refractivity contribution is 0.0687. The molecule has 7 heteroatoms. The molecule has 0 fully saturated rings. The number of hydrogen-bond donors (Lipinski definition) is 1. The number of phenols is 1. The maximum Gasteiger partial charge on any atom is 0.410 e. The summed E-state index contributed by atoms with van der Waals surface area (Å²) in [6, 6.07) is 10.9. The SMILES string of the molecule is COCCOC(=O)N1CCOc2c(O)cc(-c3cccc(Cl)c3)cc2C1. The van der Waals surface area contributed by atoms with E-state index in [4.69, 9.17) is 25.8 Å². The highest BCUT2D eigenvalue weighted by atomic mass is 35.5. The highest BCUT2D eigenvalue weighted by Gasteiger charge is 2.23. The molecule has 138 valence electrons. The summed E-state index contributed by atoms with van der Waals surface area (Å²) in [6.45, 7) is 1.45. The number of amides is 1. The molecule has 0 atom stereocenters.